The maximum absolute atomic E-state index is 11.2. The topological polar surface area (TPSA) is 38.3 Å². The van der Waals surface area contributed by atoms with Gasteiger partial charge in [0.05, 0.1) is 0 Å². The molecule has 0 heterocycles. The average molecular weight is 201 g/mol. The van der Waals surface area contributed by atoms with Crippen molar-refractivity contribution in [3.8, 4) is 0 Å². The Balaban J connectivity index is 3.02. The van der Waals surface area contributed by atoms with Crippen LogP contribution in [0.3, 0.4) is 0 Å². The van der Waals surface area contributed by atoms with Gasteiger partial charge in [0.2, 0.25) is 0 Å². The molecule has 0 aromatic carbocycles. The highest BCUT2D eigenvalue weighted by Crippen LogP contribution is 2.05. The van der Waals surface area contributed by atoms with Gasteiger partial charge in [-0.2, -0.15) is 0 Å². The molecule has 0 aromatic heterocycles. The fourth-order valence-corrected chi connectivity index (χ4v) is 1.42. The van der Waals surface area contributed by atoms with Crippen LogP contribution in [0.4, 0.5) is 0 Å². The smallest absolute Gasteiger partial charge is 0.00669 e. The zero-order valence-corrected chi connectivity index (χ0v) is 9.72. The van der Waals surface area contributed by atoms with Crippen LogP contribution < -0.4 is 5.32 Å². The average Bonchev–Trinajstić information content (AvgIpc) is 2.20. The molecular formula is C11H25N2O-. The van der Waals surface area contributed by atoms with Crippen LogP contribution in [0.5, 0.6) is 0 Å². The maximum Gasteiger partial charge on any atom is 0.00669 e. The molecule has 0 aliphatic heterocycles. The zero-order valence-electron chi connectivity index (χ0n) is 9.72. The van der Waals surface area contributed by atoms with Gasteiger partial charge in [0.25, 0.3) is 0 Å². The van der Waals surface area contributed by atoms with E-state index in [9.17, 15) is 5.21 Å². The van der Waals surface area contributed by atoms with Gasteiger partial charge in [0.15, 0.2) is 0 Å². The van der Waals surface area contributed by atoms with E-state index in [0.717, 1.165) is 18.0 Å². The van der Waals surface area contributed by atoms with E-state index in [1.54, 1.807) is 0 Å². The van der Waals surface area contributed by atoms with Gasteiger partial charge in [-0.25, -0.2) is 0 Å². The lowest BCUT2D eigenvalue weighted by molar-refractivity contribution is 0.363. The first-order valence-corrected chi connectivity index (χ1v) is 5.88. The molecule has 0 bridgehead atoms. The molecule has 0 saturated heterocycles. The zero-order chi connectivity index (χ0) is 10.6. The van der Waals surface area contributed by atoms with Gasteiger partial charge in [0, 0.05) is 6.54 Å². The van der Waals surface area contributed by atoms with Crippen molar-refractivity contribution in [3.05, 3.63) is 5.21 Å². The Morgan fingerprint density at radius 2 is 1.64 bits per heavy atom. The molecule has 86 valence electrons. The Labute approximate surface area is 88.4 Å². The first-order chi connectivity index (χ1) is 6.81. The van der Waals surface area contributed by atoms with Crippen molar-refractivity contribution >= 4 is 0 Å². The van der Waals surface area contributed by atoms with Crippen LogP contribution in [-0.4, -0.2) is 31.7 Å². The largest absolute Gasteiger partial charge is 0.785 e. The summed E-state index contributed by atoms with van der Waals surface area (Å²) in [5.41, 5.74) is 0. The molecule has 0 rings (SSSR count). The molecule has 1 N–H and O–H groups in total. The maximum atomic E-state index is 11.2. The van der Waals surface area contributed by atoms with E-state index in [1.165, 1.54) is 32.1 Å². The molecule has 0 radical (unpaired) electrons. The van der Waals surface area contributed by atoms with Crippen molar-refractivity contribution < 1.29 is 0 Å². The lowest BCUT2D eigenvalue weighted by Gasteiger charge is -2.27. The van der Waals surface area contributed by atoms with Gasteiger partial charge >= 0.3 is 0 Å². The van der Waals surface area contributed by atoms with E-state index in [-0.39, 0.29) is 0 Å². The quantitative estimate of drug-likeness (QED) is 0.435. The third kappa shape index (κ3) is 9.96. The first-order valence-electron chi connectivity index (χ1n) is 5.88. The molecule has 3 nitrogen and oxygen atoms in total. The van der Waals surface area contributed by atoms with Crippen molar-refractivity contribution in [2.75, 3.05) is 26.7 Å². The summed E-state index contributed by atoms with van der Waals surface area (Å²) in [5, 5.41) is 15.3. The van der Waals surface area contributed by atoms with Gasteiger partial charge in [-0.3, -0.25) is 0 Å². The Bertz CT molecular complexity index is 109. The van der Waals surface area contributed by atoms with Crippen molar-refractivity contribution in [2.45, 2.75) is 45.4 Å². The molecule has 0 fully saturated rings. The molecule has 14 heavy (non-hydrogen) atoms. The monoisotopic (exact) mass is 201 g/mol. The molecule has 0 amide bonds. The van der Waals surface area contributed by atoms with E-state index in [4.69, 9.17) is 0 Å². The summed E-state index contributed by atoms with van der Waals surface area (Å²) < 4.78 is 0. The molecule has 0 saturated carbocycles. The fraction of sp³-hybridized carbons (Fsp3) is 1.00. The summed E-state index contributed by atoms with van der Waals surface area (Å²) >= 11 is 0. The molecule has 0 aromatic rings. The molecule has 0 atom stereocenters. The molecular weight excluding hydrogens is 176 g/mol. The highest BCUT2D eigenvalue weighted by Gasteiger charge is 1.92. The normalized spacial score (nSPS) is 11.1. The van der Waals surface area contributed by atoms with Gasteiger partial charge < -0.3 is 15.6 Å². The highest BCUT2D eigenvalue weighted by atomic mass is 16.5. The van der Waals surface area contributed by atoms with Crippen molar-refractivity contribution in [2.24, 2.45) is 0 Å². The second-order valence-electron chi connectivity index (χ2n) is 3.80. The molecule has 3 heteroatoms. The molecule has 0 aliphatic carbocycles. The van der Waals surface area contributed by atoms with Crippen molar-refractivity contribution in [1.29, 1.82) is 0 Å². The number of nitrogens with zero attached hydrogens (tertiary/aromatic N) is 1. The molecule has 0 aliphatic rings. The van der Waals surface area contributed by atoms with Crippen LogP contribution in [0.15, 0.2) is 0 Å². The van der Waals surface area contributed by atoms with Crippen LogP contribution in [0.1, 0.15) is 45.4 Å². The predicted octanol–water partition coefficient (Wildman–Crippen LogP) is 2.37. The third-order valence-corrected chi connectivity index (χ3v) is 2.37. The minimum Gasteiger partial charge on any atom is -0.785 e. The standard InChI is InChI=1S/C11H25N2O/c1-3-4-5-6-7-8-10-13(14)11-9-12-2/h12H,3-11H2,1-2H3/q-1. The minimum atomic E-state index is 0.617. The van der Waals surface area contributed by atoms with Crippen LogP contribution in [-0.2, 0) is 0 Å². The number of hydrogen-bond donors (Lipinski definition) is 1. The number of hydroxylamine groups is 2. The van der Waals surface area contributed by atoms with Gasteiger partial charge in [0.1, 0.15) is 0 Å². The number of likely N-dealkylation sites (N-methyl/N-ethyl adjacent to an activating group) is 1. The van der Waals surface area contributed by atoms with Gasteiger partial charge in [-0.1, -0.05) is 39.0 Å². The second kappa shape index (κ2) is 11.0. The Morgan fingerprint density at radius 3 is 2.29 bits per heavy atom. The number of rotatable bonds is 10. The summed E-state index contributed by atoms with van der Waals surface area (Å²) in [5.74, 6) is 0. The number of unbranched alkanes of at least 4 members (excludes halogenated alkanes) is 5. The highest BCUT2D eigenvalue weighted by molar-refractivity contribution is 4.58. The van der Waals surface area contributed by atoms with Crippen molar-refractivity contribution in [1.82, 2.24) is 10.4 Å². The third-order valence-electron chi connectivity index (χ3n) is 2.37. The fourth-order valence-electron chi connectivity index (χ4n) is 1.42. The summed E-state index contributed by atoms with van der Waals surface area (Å²) in [6.45, 7) is 4.33. The summed E-state index contributed by atoms with van der Waals surface area (Å²) in [6.07, 6.45) is 7.49. The SMILES string of the molecule is CCCCCCCCN([O-])CCNC. The van der Waals surface area contributed by atoms with E-state index in [2.05, 4.69) is 12.2 Å². The summed E-state index contributed by atoms with van der Waals surface area (Å²) in [4.78, 5) is 0. The van der Waals surface area contributed by atoms with Crippen LogP contribution in [0, 0.1) is 5.21 Å². The Kier molecular flexibility index (Phi) is 10.9. The summed E-state index contributed by atoms with van der Waals surface area (Å²) in [6, 6.07) is 0. The number of hydrogen-bond acceptors (Lipinski definition) is 3. The lowest BCUT2D eigenvalue weighted by Crippen LogP contribution is -2.26. The first kappa shape index (κ1) is 13.9. The van der Waals surface area contributed by atoms with Crippen LogP contribution in [0.2, 0.25) is 0 Å². The predicted molar refractivity (Wildman–Crippen MR) is 62.2 cm³/mol. The van der Waals surface area contributed by atoms with Crippen molar-refractivity contribution in [3.63, 3.8) is 0 Å². The summed E-state index contributed by atoms with van der Waals surface area (Å²) in [7, 11) is 1.87. The van der Waals surface area contributed by atoms with Crippen LogP contribution in [0.25, 0.3) is 0 Å². The Hall–Kier alpha value is -0.120. The van der Waals surface area contributed by atoms with Gasteiger partial charge in [-0.05, 0) is 26.6 Å². The second-order valence-corrected chi connectivity index (χ2v) is 3.80. The minimum absolute atomic E-state index is 0.617. The lowest BCUT2D eigenvalue weighted by atomic mass is 10.1. The van der Waals surface area contributed by atoms with Gasteiger partial charge in [-0.15, -0.1) is 0 Å². The Morgan fingerprint density at radius 1 is 1.00 bits per heavy atom. The number of nitrogens with one attached hydrogen (secondary N) is 1. The van der Waals surface area contributed by atoms with E-state index < -0.39 is 0 Å². The molecule has 0 spiro atoms. The molecule has 0 unspecified atom stereocenters. The van der Waals surface area contributed by atoms with E-state index in [1.807, 2.05) is 7.05 Å². The van der Waals surface area contributed by atoms with Crippen LogP contribution >= 0.6 is 0 Å². The van der Waals surface area contributed by atoms with E-state index in [0.29, 0.717) is 13.1 Å². The van der Waals surface area contributed by atoms with E-state index >= 15 is 0 Å².